The maximum absolute atomic E-state index is 12.4. The lowest BCUT2D eigenvalue weighted by atomic mass is 9.77. The normalized spacial score (nSPS) is 30.6. The van der Waals surface area contributed by atoms with Gasteiger partial charge in [-0.1, -0.05) is 32.1 Å². The highest BCUT2D eigenvalue weighted by molar-refractivity contribution is 5.85. The molecule has 2 unspecified atom stereocenters. The zero-order valence-corrected chi connectivity index (χ0v) is 11.8. The van der Waals surface area contributed by atoms with Gasteiger partial charge in [-0.25, -0.2) is 0 Å². The second-order valence-corrected chi connectivity index (χ2v) is 6.45. The van der Waals surface area contributed by atoms with E-state index < -0.39 is 11.9 Å². The molecule has 4 nitrogen and oxygen atoms in total. The Morgan fingerprint density at radius 1 is 1.00 bits per heavy atom. The second-order valence-electron chi connectivity index (χ2n) is 6.45. The number of carboxylic acid groups (broad SMARTS) is 1. The second kappa shape index (κ2) is 5.93. The SMILES string of the molecule is CC1(NC(=O)C2CCCCC2C(=O)O)CCCCC1. The lowest BCUT2D eigenvalue weighted by Crippen LogP contribution is -2.51. The summed E-state index contributed by atoms with van der Waals surface area (Å²) in [5.41, 5.74) is -0.115. The van der Waals surface area contributed by atoms with Crippen LogP contribution in [0, 0.1) is 11.8 Å². The summed E-state index contributed by atoms with van der Waals surface area (Å²) >= 11 is 0. The van der Waals surface area contributed by atoms with Crippen molar-refractivity contribution < 1.29 is 14.7 Å². The molecule has 2 aliphatic carbocycles. The molecule has 0 aromatic heterocycles. The zero-order valence-electron chi connectivity index (χ0n) is 11.8. The van der Waals surface area contributed by atoms with Crippen molar-refractivity contribution in [3.05, 3.63) is 0 Å². The highest BCUT2D eigenvalue weighted by atomic mass is 16.4. The molecule has 2 saturated carbocycles. The predicted octanol–water partition coefficient (Wildman–Crippen LogP) is 2.72. The fourth-order valence-corrected chi connectivity index (χ4v) is 3.59. The largest absolute Gasteiger partial charge is 0.481 e. The number of hydrogen-bond acceptors (Lipinski definition) is 2. The molecule has 2 aliphatic rings. The molecule has 0 radical (unpaired) electrons. The van der Waals surface area contributed by atoms with E-state index in [1.807, 2.05) is 0 Å². The van der Waals surface area contributed by atoms with Crippen molar-refractivity contribution in [1.82, 2.24) is 5.32 Å². The summed E-state index contributed by atoms with van der Waals surface area (Å²) < 4.78 is 0. The molecule has 2 N–H and O–H groups in total. The smallest absolute Gasteiger partial charge is 0.307 e. The van der Waals surface area contributed by atoms with Gasteiger partial charge in [-0.2, -0.15) is 0 Å². The number of carboxylic acids is 1. The van der Waals surface area contributed by atoms with Gasteiger partial charge in [0.2, 0.25) is 5.91 Å². The van der Waals surface area contributed by atoms with E-state index in [4.69, 9.17) is 0 Å². The van der Waals surface area contributed by atoms with E-state index in [-0.39, 0.29) is 17.4 Å². The first-order chi connectivity index (χ1) is 9.02. The van der Waals surface area contributed by atoms with E-state index in [0.29, 0.717) is 6.42 Å². The van der Waals surface area contributed by atoms with Gasteiger partial charge in [0, 0.05) is 5.54 Å². The Labute approximate surface area is 115 Å². The third kappa shape index (κ3) is 3.48. The zero-order chi connectivity index (χ0) is 13.9. The molecule has 0 aliphatic heterocycles. The van der Waals surface area contributed by atoms with Crippen LogP contribution < -0.4 is 5.32 Å². The van der Waals surface area contributed by atoms with Crippen molar-refractivity contribution >= 4 is 11.9 Å². The van der Waals surface area contributed by atoms with Gasteiger partial charge in [0.1, 0.15) is 0 Å². The van der Waals surface area contributed by atoms with Crippen LogP contribution in [0.4, 0.5) is 0 Å². The highest BCUT2D eigenvalue weighted by Gasteiger charge is 2.38. The molecule has 108 valence electrons. The minimum atomic E-state index is -0.811. The average Bonchev–Trinajstić information content (AvgIpc) is 2.39. The van der Waals surface area contributed by atoms with Crippen molar-refractivity contribution in [2.75, 3.05) is 0 Å². The number of carbonyl (C=O) groups is 2. The van der Waals surface area contributed by atoms with Crippen LogP contribution in [0.15, 0.2) is 0 Å². The first kappa shape index (κ1) is 14.4. The molecule has 2 atom stereocenters. The van der Waals surface area contributed by atoms with Crippen LogP contribution >= 0.6 is 0 Å². The lowest BCUT2D eigenvalue weighted by Gasteiger charge is -2.37. The topological polar surface area (TPSA) is 66.4 Å². The Morgan fingerprint density at radius 2 is 1.58 bits per heavy atom. The van der Waals surface area contributed by atoms with E-state index in [0.717, 1.165) is 44.9 Å². The third-order valence-electron chi connectivity index (χ3n) is 4.80. The van der Waals surface area contributed by atoms with Crippen molar-refractivity contribution in [2.24, 2.45) is 11.8 Å². The molecule has 0 spiro atoms. The molecule has 1 amide bonds. The Bertz CT molecular complexity index is 347. The number of rotatable bonds is 3. The monoisotopic (exact) mass is 267 g/mol. The van der Waals surface area contributed by atoms with Crippen LogP contribution in [-0.4, -0.2) is 22.5 Å². The summed E-state index contributed by atoms with van der Waals surface area (Å²) in [6.07, 6.45) is 8.85. The van der Waals surface area contributed by atoms with E-state index in [2.05, 4.69) is 12.2 Å². The highest BCUT2D eigenvalue weighted by Crippen LogP contribution is 2.33. The third-order valence-corrected chi connectivity index (χ3v) is 4.80. The summed E-state index contributed by atoms with van der Waals surface area (Å²) in [4.78, 5) is 23.7. The van der Waals surface area contributed by atoms with Gasteiger partial charge >= 0.3 is 5.97 Å². The van der Waals surface area contributed by atoms with Gasteiger partial charge in [0.15, 0.2) is 0 Å². The van der Waals surface area contributed by atoms with Crippen LogP contribution in [-0.2, 0) is 9.59 Å². The van der Waals surface area contributed by atoms with E-state index in [1.165, 1.54) is 6.42 Å². The molecule has 4 heteroatoms. The van der Waals surface area contributed by atoms with Gasteiger partial charge in [-0.05, 0) is 32.6 Å². The number of hydrogen-bond donors (Lipinski definition) is 2. The Kier molecular flexibility index (Phi) is 4.48. The van der Waals surface area contributed by atoms with Crippen LogP contribution in [0.3, 0.4) is 0 Å². The predicted molar refractivity (Wildman–Crippen MR) is 72.7 cm³/mol. The molecule has 0 bridgehead atoms. The van der Waals surface area contributed by atoms with Crippen molar-refractivity contribution in [1.29, 1.82) is 0 Å². The Hall–Kier alpha value is -1.06. The maximum Gasteiger partial charge on any atom is 0.307 e. The maximum atomic E-state index is 12.4. The average molecular weight is 267 g/mol. The Balaban J connectivity index is 1.99. The quantitative estimate of drug-likeness (QED) is 0.826. The van der Waals surface area contributed by atoms with Crippen LogP contribution in [0.1, 0.15) is 64.7 Å². The van der Waals surface area contributed by atoms with Gasteiger partial charge in [-0.15, -0.1) is 0 Å². The molecular weight excluding hydrogens is 242 g/mol. The van der Waals surface area contributed by atoms with Crippen LogP contribution in [0.2, 0.25) is 0 Å². The van der Waals surface area contributed by atoms with Crippen LogP contribution in [0.5, 0.6) is 0 Å². The molecule has 19 heavy (non-hydrogen) atoms. The van der Waals surface area contributed by atoms with Gasteiger partial charge < -0.3 is 10.4 Å². The summed E-state index contributed by atoms with van der Waals surface area (Å²) in [6.45, 7) is 2.10. The molecule has 0 heterocycles. The lowest BCUT2D eigenvalue weighted by molar-refractivity contribution is -0.149. The van der Waals surface area contributed by atoms with E-state index in [1.54, 1.807) is 0 Å². The fraction of sp³-hybridized carbons (Fsp3) is 0.867. The van der Waals surface area contributed by atoms with E-state index in [9.17, 15) is 14.7 Å². The standard InChI is InChI=1S/C15H25NO3/c1-15(9-5-2-6-10-15)16-13(17)11-7-3-4-8-12(11)14(18)19/h11-12H,2-10H2,1H3,(H,16,17)(H,18,19). The van der Waals surface area contributed by atoms with Crippen LogP contribution in [0.25, 0.3) is 0 Å². The number of amides is 1. The summed E-state index contributed by atoms with van der Waals surface area (Å²) in [5, 5.41) is 12.4. The molecular formula is C15H25NO3. The summed E-state index contributed by atoms with van der Waals surface area (Å²) in [6, 6.07) is 0. The molecule has 2 fully saturated rings. The van der Waals surface area contributed by atoms with Crippen molar-refractivity contribution in [3.8, 4) is 0 Å². The summed E-state index contributed by atoms with van der Waals surface area (Å²) in [7, 11) is 0. The van der Waals surface area contributed by atoms with E-state index >= 15 is 0 Å². The van der Waals surface area contributed by atoms with Gasteiger partial charge in [0.05, 0.1) is 11.8 Å². The number of carbonyl (C=O) groups excluding carboxylic acids is 1. The minimum absolute atomic E-state index is 0.0310. The summed E-state index contributed by atoms with van der Waals surface area (Å²) in [5.74, 6) is -1.66. The minimum Gasteiger partial charge on any atom is -0.481 e. The molecule has 0 saturated heterocycles. The fourth-order valence-electron chi connectivity index (χ4n) is 3.59. The van der Waals surface area contributed by atoms with Gasteiger partial charge in [-0.3, -0.25) is 9.59 Å². The first-order valence-corrected chi connectivity index (χ1v) is 7.57. The molecule has 0 aromatic rings. The molecule has 0 aromatic carbocycles. The van der Waals surface area contributed by atoms with Crippen molar-refractivity contribution in [2.45, 2.75) is 70.3 Å². The number of aliphatic carboxylic acids is 1. The molecule has 2 rings (SSSR count). The first-order valence-electron chi connectivity index (χ1n) is 7.57. The van der Waals surface area contributed by atoms with Gasteiger partial charge in [0.25, 0.3) is 0 Å². The Morgan fingerprint density at radius 3 is 2.16 bits per heavy atom. The number of nitrogens with one attached hydrogen (secondary N) is 1. The van der Waals surface area contributed by atoms with Crippen molar-refractivity contribution in [3.63, 3.8) is 0 Å².